The molecule has 4 nitrogen and oxygen atoms in total. The zero-order chi connectivity index (χ0) is 17.3. The number of halogens is 3. The number of anilines is 1. The van der Waals surface area contributed by atoms with Gasteiger partial charge in [0.2, 0.25) is 0 Å². The monoisotopic (exact) mass is 426 g/mol. The summed E-state index contributed by atoms with van der Waals surface area (Å²) in [6, 6.07) is 12.2. The van der Waals surface area contributed by atoms with Gasteiger partial charge in [0, 0.05) is 26.8 Å². The van der Waals surface area contributed by atoms with Crippen LogP contribution in [0.25, 0.3) is 0 Å². The molecule has 7 heteroatoms. The van der Waals surface area contributed by atoms with E-state index in [4.69, 9.17) is 23.2 Å². The molecule has 2 amide bonds. The fraction of sp³-hybridized carbons (Fsp3) is 0.176. The minimum Gasteiger partial charge on any atom is -0.313 e. The van der Waals surface area contributed by atoms with Crippen LogP contribution in [0.4, 0.5) is 10.5 Å². The summed E-state index contributed by atoms with van der Waals surface area (Å²) < 4.78 is 0.909. The molecule has 0 bridgehead atoms. The molecule has 1 heterocycles. The Hall–Kier alpha value is -1.56. The van der Waals surface area contributed by atoms with Crippen molar-refractivity contribution in [2.24, 2.45) is 0 Å². The third-order valence-corrected chi connectivity index (χ3v) is 4.83. The topological polar surface area (TPSA) is 40.6 Å². The lowest BCUT2D eigenvalue weighted by atomic mass is 10.1. The van der Waals surface area contributed by atoms with Gasteiger partial charge >= 0.3 is 6.03 Å². The number of hydrogen-bond acceptors (Lipinski definition) is 2. The van der Waals surface area contributed by atoms with E-state index in [1.807, 2.05) is 12.1 Å². The van der Waals surface area contributed by atoms with Crippen LogP contribution in [0.5, 0.6) is 0 Å². The molecule has 0 aliphatic carbocycles. The molecule has 2 aromatic rings. The molecule has 0 spiro atoms. The standard InChI is InChI=1S/C17H13BrCl2N2O2/c18-12-2-5-14(6-3-12)22-10-15(23)9-21(17(22)24)8-11-1-4-13(19)7-16(11)20/h1-7H,8-10H2. The van der Waals surface area contributed by atoms with Crippen molar-refractivity contribution in [3.8, 4) is 0 Å². The second-order valence-electron chi connectivity index (χ2n) is 5.48. The average Bonchev–Trinajstić information content (AvgIpc) is 2.54. The Morgan fingerprint density at radius 3 is 2.38 bits per heavy atom. The number of rotatable bonds is 3. The molecule has 1 fully saturated rings. The van der Waals surface area contributed by atoms with Crippen LogP contribution in [-0.2, 0) is 11.3 Å². The Balaban J connectivity index is 1.84. The summed E-state index contributed by atoms with van der Waals surface area (Å²) >= 11 is 15.4. The molecule has 124 valence electrons. The van der Waals surface area contributed by atoms with Crippen molar-refractivity contribution in [1.29, 1.82) is 0 Å². The van der Waals surface area contributed by atoms with Gasteiger partial charge in [-0.25, -0.2) is 4.79 Å². The Morgan fingerprint density at radius 1 is 1.00 bits per heavy atom. The first kappa shape index (κ1) is 17.3. The lowest BCUT2D eigenvalue weighted by Crippen LogP contribution is -2.53. The summed E-state index contributed by atoms with van der Waals surface area (Å²) in [6.07, 6.45) is 0. The first-order valence-electron chi connectivity index (χ1n) is 7.21. The molecule has 0 atom stereocenters. The first-order chi connectivity index (χ1) is 11.4. The number of hydrogen-bond donors (Lipinski definition) is 0. The van der Waals surface area contributed by atoms with Gasteiger partial charge in [-0.1, -0.05) is 45.2 Å². The zero-order valence-electron chi connectivity index (χ0n) is 12.5. The molecule has 0 radical (unpaired) electrons. The fourth-order valence-corrected chi connectivity index (χ4v) is 3.28. The highest BCUT2D eigenvalue weighted by atomic mass is 79.9. The van der Waals surface area contributed by atoms with Crippen LogP contribution in [0.15, 0.2) is 46.9 Å². The number of urea groups is 1. The van der Waals surface area contributed by atoms with Crippen LogP contribution in [0, 0.1) is 0 Å². The highest BCUT2D eigenvalue weighted by molar-refractivity contribution is 9.10. The molecule has 1 aliphatic heterocycles. The highest BCUT2D eigenvalue weighted by Gasteiger charge is 2.31. The number of amides is 2. The third-order valence-electron chi connectivity index (χ3n) is 3.72. The predicted octanol–water partition coefficient (Wildman–Crippen LogP) is 4.77. The summed E-state index contributed by atoms with van der Waals surface area (Å²) in [5, 5.41) is 1.00. The van der Waals surface area contributed by atoms with E-state index in [9.17, 15) is 9.59 Å². The number of carbonyl (C=O) groups excluding carboxylic acids is 2. The van der Waals surface area contributed by atoms with Gasteiger partial charge < -0.3 is 4.90 Å². The molecule has 1 aliphatic rings. The van der Waals surface area contributed by atoms with Crippen LogP contribution in [0.2, 0.25) is 10.0 Å². The lowest BCUT2D eigenvalue weighted by Gasteiger charge is -2.35. The van der Waals surface area contributed by atoms with Crippen molar-refractivity contribution in [3.05, 3.63) is 62.5 Å². The largest absolute Gasteiger partial charge is 0.325 e. The second kappa shape index (κ2) is 7.13. The average molecular weight is 428 g/mol. The predicted molar refractivity (Wildman–Crippen MR) is 98.8 cm³/mol. The maximum atomic E-state index is 12.8. The molecule has 2 aromatic carbocycles. The molecule has 0 aromatic heterocycles. The number of Topliss-reactive ketones (excluding diaryl/α,β-unsaturated/α-hetero) is 1. The summed E-state index contributed by atoms with van der Waals surface area (Å²) in [5.74, 6) is -0.0254. The summed E-state index contributed by atoms with van der Waals surface area (Å²) in [6.45, 7) is 0.406. The van der Waals surface area contributed by atoms with E-state index in [0.717, 1.165) is 10.0 Å². The van der Waals surface area contributed by atoms with Crippen LogP contribution >= 0.6 is 39.1 Å². The molecule has 0 saturated carbocycles. The van der Waals surface area contributed by atoms with Gasteiger partial charge in [-0.05, 0) is 42.0 Å². The van der Waals surface area contributed by atoms with E-state index in [-0.39, 0.29) is 31.4 Å². The van der Waals surface area contributed by atoms with Gasteiger partial charge in [0.05, 0.1) is 13.1 Å². The Morgan fingerprint density at radius 2 is 1.71 bits per heavy atom. The second-order valence-corrected chi connectivity index (χ2v) is 7.23. The number of nitrogens with zero attached hydrogens (tertiary/aromatic N) is 2. The van der Waals surface area contributed by atoms with Gasteiger partial charge in [0.25, 0.3) is 0 Å². The van der Waals surface area contributed by atoms with E-state index in [0.29, 0.717) is 15.7 Å². The molecule has 0 unspecified atom stereocenters. The van der Waals surface area contributed by atoms with Gasteiger partial charge in [0.15, 0.2) is 5.78 Å². The SMILES string of the molecule is O=C1CN(Cc2ccc(Cl)cc2Cl)C(=O)N(c2ccc(Br)cc2)C1. The van der Waals surface area contributed by atoms with Crippen molar-refractivity contribution < 1.29 is 9.59 Å². The van der Waals surface area contributed by atoms with E-state index in [1.54, 1.807) is 30.3 Å². The molecular formula is C17H13BrCl2N2O2. The number of carbonyl (C=O) groups is 2. The maximum Gasteiger partial charge on any atom is 0.325 e. The molecule has 24 heavy (non-hydrogen) atoms. The Bertz CT molecular complexity index is 796. The van der Waals surface area contributed by atoms with Crippen LogP contribution < -0.4 is 4.90 Å². The van der Waals surface area contributed by atoms with Gasteiger partial charge in [-0.2, -0.15) is 0 Å². The van der Waals surface area contributed by atoms with Crippen molar-refractivity contribution in [3.63, 3.8) is 0 Å². The van der Waals surface area contributed by atoms with Gasteiger partial charge in [-0.15, -0.1) is 0 Å². The van der Waals surface area contributed by atoms with Crippen LogP contribution in [0.3, 0.4) is 0 Å². The first-order valence-corrected chi connectivity index (χ1v) is 8.76. The fourth-order valence-electron chi connectivity index (χ4n) is 2.55. The molecule has 0 N–H and O–H groups in total. The molecule has 3 rings (SSSR count). The summed E-state index contributed by atoms with van der Waals surface area (Å²) in [7, 11) is 0. The van der Waals surface area contributed by atoms with Crippen molar-refractivity contribution in [2.75, 3.05) is 18.0 Å². The minimum absolute atomic E-state index is 0.0254. The molecule has 1 saturated heterocycles. The summed E-state index contributed by atoms with van der Waals surface area (Å²) in [4.78, 5) is 27.8. The lowest BCUT2D eigenvalue weighted by molar-refractivity contribution is -0.119. The minimum atomic E-state index is -0.220. The quantitative estimate of drug-likeness (QED) is 0.707. The Labute approximate surface area is 158 Å². The van der Waals surface area contributed by atoms with Gasteiger partial charge in [-0.3, -0.25) is 9.69 Å². The zero-order valence-corrected chi connectivity index (χ0v) is 15.6. The highest BCUT2D eigenvalue weighted by Crippen LogP contribution is 2.25. The normalized spacial score (nSPS) is 15.1. The van der Waals surface area contributed by atoms with Crippen molar-refractivity contribution in [1.82, 2.24) is 4.90 Å². The van der Waals surface area contributed by atoms with Crippen LogP contribution in [-0.4, -0.2) is 29.8 Å². The van der Waals surface area contributed by atoms with E-state index < -0.39 is 0 Å². The Kier molecular flexibility index (Phi) is 5.13. The summed E-state index contributed by atoms with van der Waals surface area (Å²) in [5.41, 5.74) is 1.43. The van der Waals surface area contributed by atoms with E-state index >= 15 is 0 Å². The molecular weight excluding hydrogens is 415 g/mol. The van der Waals surface area contributed by atoms with E-state index in [2.05, 4.69) is 15.9 Å². The van der Waals surface area contributed by atoms with Crippen molar-refractivity contribution >= 4 is 56.6 Å². The smallest absolute Gasteiger partial charge is 0.313 e. The van der Waals surface area contributed by atoms with Crippen LogP contribution in [0.1, 0.15) is 5.56 Å². The number of ketones is 1. The van der Waals surface area contributed by atoms with Crippen molar-refractivity contribution in [2.45, 2.75) is 6.54 Å². The third kappa shape index (κ3) is 3.74. The number of benzene rings is 2. The van der Waals surface area contributed by atoms with Gasteiger partial charge in [0.1, 0.15) is 0 Å². The maximum absolute atomic E-state index is 12.8. The van der Waals surface area contributed by atoms with E-state index in [1.165, 1.54) is 9.80 Å².